The smallest absolute Gasteiger partial charge is 0.265 e. The van der Waals surface area contributed by atoms with Crippen LogP contribution in [0.1, 0.15) is 34.6 Å². The molecule has 0 saturated carbocycles. The molecule has 1 unspecified atom stereocenters. The SMILES string of the molecule is CC(=O)c1cccc(OC(C)C(=O)Nc2ccc(N3CCc4sccc4C3)cc2)c1. The summed E-state index contributed by atoms with van der Waals surface area (Å²) >= 11 is 1.83. The number of thiophene rings is 1. The molecule has 0 bridgehead atoms. The van der Waals surface area contributed by atoms with Crippen LogP contribution in [0.25, 0.3) is 0 Å². The van der Waals surface area contributed by atoms with Gasteiger partial charge in [0.1, 0.15) is 5.75 Å². The zero-order chi connectivity index (χ0) is 21.1. The Hall–Kier alpha value is -3.12. The second-order valence-electron chi connectivity index (χ2n) is 7.42. The first kappa shape index (κ1) is 20.2. The summed E-state index contributed by atoms with van der Waals surface area (Å²) in [5, 5.41) is 5.05. The lowest BCUT2D eigenvalue weighted by molar-refractivity contribution is -0.122. The van der Waals surface area contributed by atoms with Crippen LogP contribution in [0, 0.1) is 0 Å². The van der Waals surface area contributed by atoms with Gasteiger partial charge in [-0.1, -0.05) is 12.1 Å². The van der Waals surface area contributed by atoms with Crippen molar-refractivity contribution in [2.75, 3.05) is 16.8 Å². The van der Waals surface area contributed by atoms with Gasteiger partial charge in [0.05, 0.1) is 0 Å². The van der Waals surface area contributed by atoms with Crippen LogP contribution in [0.3, 0.4) is 0 Å². The summed E-state index contributed by atoms with van der Waals surface area (Å²) in [5.74, 6) is 0.219. The molecule has 30 heavy (non-hydrogen) atoms. The van der Waals surface area contributed by atoms with Crippen LogP contribution in [0.4, 0.5) is 11.4 Å². The van der Waals surface area contributed by atoms with Crippen LogP contribution in [0.15, 0.2) is 60.0 Å². The molecule has 1 aliphatic heterocycles. The van der Waals surface area contributed by atoms with E-state index in [9.17, 15) is 9.59 Å². The highest BCUT2D eigenvalue weighted by molar-refractivity contribution is 7.10. The summed E-state index contributed by atoms with van der Waals surface area (Å²) in [4.78, 5) is 27.9. The number of rotatable bonds is 6. The molecule has 1 N–H and O–H groups in total. The Morgan fingerprint density at radius 2 is 1.93 bits per heavy atom. The van der Waals surface area contributed by atoms with Crippen molar-refractivity contribution in [1.29, 1.82) is 0 Å². The molecule has 2 heterocycles. The van der Waals surface area contributed by atoms with Gasteiger partial charge in [-0.25, -0.2) is 0 Å². The molecule has 2 aromatic carbocycles. The van der Waals surface area contributed by atoms with Crippen molar-refractivity contribution in [3.05, 3.63) is 76.0 Å². The van der Waals surface area contributed by atoms with E-state index in [-0.39, 0.29) is 11.7 Å². The summed E-state index contributed by atoms with van der Waals surface area (Å²) in [7, 11) is 0. The van der Waals surface area contributed by atoms with Crippen LogP contribution >= 0.6 is 11.3 Å². The summed E-state index contributed by atoms with van der Waals surface area (Å²) in [5.41, 5.74) is 3.84. The van der Waals surface area contributed by atoms with Crippen LogP contribution in [-0.2, 0) is 17.8 Å². The number of carbonyl (C=O) groups is 2. The minimum absolute atomic E-state index is 0.0402. The minimum atomic E-state index is -0.689. The maximum atomic E-state index is 12.5. The van der Waals surface area contributed by atoms with Crippen molar-refractivity contribution in [2.24, 2.45) is 0 Å². The minimum Gasteiger partial charge on any atom is -0.481 e. The fraction of sp³-hybridized carbons (Fsp3) is 0.250. The molecule has 1 amide bonds. The third-order valence-electron chi connectivity index (χ3n) is 5.23. The zero-order valence-corrected chi connectivity index (χ0v) is 17.9. The molecule has 1 atom stereocenters. The molecule has 4 rings (SSSR count). The predicted octanol–water partition coefficient (Wildman–Crippen LogP) is 4.92. The van der Waals surface area contributed by atoms with E-state index in [1.807, 2.05) is 35.6 Å². The maximum Gasteiger partial charge on any atom is 0.265 e. The van der Waals surface area contributed by atoms with Crippen molar-refractivity contribution in [3.8, 4) is 5.75 Å². The number of nitrogens with zero attached hydrogens (tertiary/aromatic N) is 1. The molecule has 0 fully saturated rings. The van der Waals surface area contributed by atoms with E-state index in [2.05, 4.69) is 21.7 Å². The van der Waals surface area contributed by atoms with Crippen molar-refractivity contribution in [1.82, 2.24) is 0 Å². The fourth-order valence-electron chi connectivity index (χ4n) is 3.51. The first-order chi connectivity index (χ1) is 14.5. The van der Waals surface area contributed by atoms with Gasteiger partial charge in [-0.05, 0) is 73.7 Å². The van der Waals surface area contributed by atoms with Crippen LogP contribution in [-0.4, -0.2) is 24.3 Å². The second kappa shape index (κ2) is 8.71. The summed E-state index contributed by atoms with van der Waals surface area (Å²) < 4.78 is 5.71. The molecular formula is C24H24N2O3S. The Morgan fingerprint density at radius 3 is 2.70 bits per heavy atom. The number of benzene rings is 2. The third kappa shape index (κ3) is 4.54. The van der Waals surface area contributed by atoms with Gasteiger partial charge in [-0.3, -0.25) is 9.59 Å². The maximum absolute atomic E-state index is 12.5. The third-order valence-corrected chi connectivity index (χ3v) is 6.25. The molecule has 1 aromatic heterocycles. The van der Waals surface area contributed by atoms with Gasteiger partial charge >= 0.3 is 0 Å². The first-order valence-electron chi connectivity index (χ1n) is 9.98. The van der Waals surface area contributed by atoms with Crippen molar-refractivity contribution in [2.45, 2.75) is 32.9 Å². The molecule has 0 aliphatic carbocycles. The van der Waals surface area contributed by atoms with Gasteiger partial charge < -0.3 is 15.0 Å². The summed E-state index contributed by atoms with van der Waals surface area (Å²) in [6.45, 7) is 5.12. The van der Waals surface area contributed by atoms with Gasteiger partial charge in [0.2, 0.25) is 0 Å². The second-order valence-corrected chi connectivity index (χ2v) is 8.42. The van der Waals surface area contributed by atoms with Gasteiger partial charge in [0, 0.05) is 34.9 Å². The highest BCUT2D eigenvalue weighted by atomic mass is 32.1. The van der Waals surface area contributed by atoms with Gasteiger partial charge in [0.25, 0.3) is 5.91 Å². The molecule has 3 aromatic rings. The number of anilines is 2. The topological polar surface area (TPSA) is 58.6 Å². The molecular weight excluding hydrogens is 396 g/mol. The van der Waals surface area contributed by atoms with Crippen molar-refractivity contribution < 1.29 is 14.3 Å². The Morgan fingerprint density at radius 1 is 1.13 bits per heavy atom. The molecule has 6 heteroatoms. The summed E-state index contributed by atoms with van der Waals surface area (Å²) in [6, 6.07) is 17.0. The Balaban J connectivity index is 1.35. The standard InChI is InChI=1S/C24H24N2O3S/c1-16(27)18-4-3-5-22(14-18)29-17(2)24(28)25-20-6-8-21(9-7-20)26-12-10-23-19(15-26)11-13-30-23/h3-9,11,13-14,17H,10,12,15H2,1-2H3,(H,25,28). The number of ketones is 1. The number of nitrogens with one attached hydrogen (secondary N) is 1. The number of fused-ring (bicyclic) bond motifs is 1. The Kier molecular flexibility index (Phi) is 5.86. The van der Waals surface area contributed by atoms with E-state index in [4.69, 9.17) is 4.74 Å². The predicted molar refractivity (Wildman–Crippen MR) is 121 cm³/mol. The van der Waals surface area contributed by atoms with E-state index in [1.54, 1.807) is 31.2 Å². The summed E-state index contributed by atoms with van der Waals surface area (Å²) in [6.07, 6.45) is 0.386. The molecule has 1 aliphatic rings. The van der Waals surface area contributed by atoms with Gasteiger partial charge in [-0.15, -0.1) is 11.3 Å². The molecule has 5 nitrogen and oxygen atoms in total. The fourth-order valence-corrected chi connectivity index (χ4v) is 4.40. The van der Waals surface area contributed by atoms with Gasteiger partial charge in [0.15, 0.2) is 11.9 Å². The Labute approximate surface area is 180 Å². The number of ether oxygens (including phenoxy) is 1. The van der Waals surface area contributed by atoms with E-state index in [1.165, 1.54) is 17.4 Å². The van der Waals surface area contributed by atoms with Gasteiger partial charge in [-0.2, -0.15) is 0 Å². The average molecular weight is 421 g/mol. The quantitative estimate of drug-likeness (QED) is 0.575. The Bertz CT molecular complexity index is 1060. The van der Waals surface area contributed by atoms with E-state index >= 15 is 0 Å². The van der Waals surface area contributed by atoms with Crippen molar-refractivity contribution in [3.63, 3.8) is 0 Å². The lowest BCUT2D eigenvalue weighted by Gasteiger charge is -2.29. The average Bonchev–Trinajstić information content (AvgIpc) is 3.22. The lowest BCUT2D eigenvalue weighted by atomic mass is 10.1. The van der Waals surface area contributed by atoms with E-state index in [0.29, 0.717) is 11.3 Å². The van der Waals surface area contributed by atoms with Crippen LogP contribution < -0.4 is 15.0 Å². The van der Waals surface area contributed by atoms with Crippen LogP contribution in [0.5, 0.6) is 5.75 Å². The normalized spacial score (nSPS) is 14.0. The largest absolute Gasteiger partial charge is 0.481 e. The molecule has 0 saturated heterocycles. The van der Waals surface area contributed by atoms with Crippen molar-refractivity contribution >= 4 is 34.4 Å². The van der Waals surface area contributed by atoms with Crippen LogP contribution in [0.2, 0.25) is 0 Å². The number of amides is 1. The number of carbonyl (C=O) groups excluding carboxylic acids is 2. The highest BCUT2D eigenvalue weighted by Gasteiger charge is 2.18. The number of hydrogen-bond acceptors (Lipinski definition) is 5. The molecule has 0 radical (unpaired) electrons. The first-order valence-corrected chi connectivity index (χ1v) is 10.9. The monoisotopic (exact) mass is 420 g/mol. The zero-order valence-electron chi connectivity index (χ0n) is 17.1. The number of hydrogen-bond donors (Lipinski definition) is 1. The van der Waals surface area contributed by atoms with E-state index < -0.39 is 6.10 Å². The number of Topliss-reactive ketones (excluding diaryl/α,β-unsaturated/α-hetero) is 1. The molecule has 154 valence electrons. The highest BCUT2D eigenvalue weighted by Crippen LogP contribution is 2.28. The molecule has 0 spiro atoms. The van der Waals surface area contributed by atoms with E-state index in [0.717, 1.165) is 30.9 Å². The lowest BCUT2D eigenvalue weighted by Crippen LogP contribution is -2.30.